The van der Waals surface area contributed by atoms with E-state index in [1.54, 1.807) is 0 Å². The van der Waals surface area contributed by atoms with Crippen molar-refractivity contribution in [1.82, 2.24) is 0 Å². The molecule has 0 bridgehead atoms. The van der Waals surface area contributed by atoms with Crippen molar-refractivity contribution in [2.45, 2.75) is 66.7 Å². The topological polar surface area (TPSA) is 121 Å². The Hall–Kier alpha value is 1.06. The molecule has 6 nitrogen and oxygen atoms in total. The molecular weight excluding hydrogens is 354 g/mol. The second kappa shape index (κ2) is 19.1. The Balaban J connectivity index is -0.0000000977. The third-order valence-electron chi connectivity index (χ3n) is 1.75. The van der Waals surface area contributed by atoms with E-state index in [0.717, 1.165) is 5.92 Å². The highest BCUT2D eigenvalue weighted by Gasteiger charge is 1.94. The summed E-state index contributed by atoms with van der Waals surface area (Å²) in [6, 6.07) is 0. The lowest BCUT2D eigenvalue weighted by molar-refractivity contribution is 0.361. The van der Waals surface area contributed by atoms with Gasteiger partial charge in [0.15, 0.2) is 0 Å². The molecule has 0 saturated carbocycles. The molecule has 0 aliphatic carbocycles. The predicted molar refractivity (Wildman–Crippen MR) is 96.8 cm³/mol. The summed E-state index contributed by atoms with van der Waals surface area (Å²) in [4.78, 5) is 45.3. The van der Waals surface area contributed by atoms with Crippen LogP contribution < -0.4 is 0 Å². The molecule has 0 heterocycles. The molecule has 0 spiro atoms. The largest absolute Gasteiger partial charge is 0.325 e. The normalized spacial score (nSPS) is 11.8. The molecule has 6 N–H and O–H groups in total. The minimum atomic E-state index is -3.81. The van der Waals surface area contributed by atoms with Crippen molar-refractivity contribution in [2.24, 2.45) is 5.92 Å². The maximum atomic E-state index is 7.56. The fourth-order valence-electron chi connectivity index (χ4n) is 0.757. The van der Waals surface area contributed by atoms with E-state index in [0.29, 0.717) is 0 Å². The monoisotopic (exact) mass is 386 g/mol. The molecule has 1 unspecified atom stereocenters. The van der Waals surface area contributed by atoms with Gasteiger partial charge in [0.25, 0.3) is 0 Å². The first-order chi connectivity index (χ1) is 9.22. The average Bonchev–Trinajstić information content (AvgIpc) is 2.22. The van der Waals surface area contributed by atoms with Crippen molar-refractivity contribution in [3.63, 3.8) is 0 Å². The van der Waals surface area contributed by atoms with Gasteiger partial charge in [-0.05, 0) is 29.5 Å². The van der Waals surface area contributed by atoms with Gasteiger partial charge in [-0.1, -0.05) is 66.7 Å². The number of rotatable bonds is 4. The van der Waals surface area contributed by atoms with Gasteiger partial charge in [0.1, 0.15) is 0 Å². The highest BCUT2D eigenvalue weighted by molar-refractivity contribution is 8.06. The van der Waals surface area contributed by atoms with Crippen molar-refractivity contribution >= 4 is 37.1 Å². The molecule has 0 rings (SSSR count). The van der Waals surface area contributed by atoms with E-state index in [1.165, 1.54) is 32.1 Å². The zero-order valence-electron chi connectivity index (χ0n) is 13.5. The van der Waals surface area contributed by atoms with E-state index in [4.69, 9.17) is 29.4 Å². The van der Waals surface area contributed by atoms with Crippen LogP contribution in [0.4, 0.5) is 0 Å². The van der Waals surface area contributed by atoms with Crippen LogP contribution in [0.15, 0.2) is 0 Å². The van der Waals surface area contributed by atoms with Crippen molar-refractivity contribution in [1.29, 1.82) is 0 Å². The first-order valence-corrected chi connectivity index (χ1v) is 12.1. The van der Waals surface area contributed by atoms with E-state index in [2.05, 4.69) is 58.2 Å². The van der Waals surface area contributed by atoms with E-state index >= 15 is 0 Å². The second-order valence-electron chi connectivity index (χ2n) is 4.39. The smallest absolute Gasteiger partial charge is 0.319 e. The summed E-state index contributed by atoms with van der Waals surface area (Å²) in [7, 11) is 0. The van der Waals surface area contributed by atoms with E-state index in [-0.39, 0.29) is 0 Å². The van der Waals surface area contributed by atoms with E-state index in [1.807, 2.05) is 0 Å². The summed E-state index contributed by atoms with van der Waals surface area (Å²) in [5.74, 6) is 0.954. The van der Waals surface area contributed by atoms with E-state index < -0.39 is 13.4 Å². The van der Waals surface area contributed by atoms with Crippen LogP contribution in [0.2, 0.25) is 0 Å². The third-order valence-corrected chi connectivity index (χ3v) is 1.75. The van der Waals surface area contributed by atoms with Crippen LogP contribution >= 0.6 is 13.4 Å². The van der Waals surface area contributed by atoms with Gasteiger partial charge in [-0.25, -0.2) is 0 Å². The first-order valence-electron chi connectivity index (χ1n) is 6.79. The molecule has 10 heteroatoms. The Bertz CT molecular complexity index is 243. The van der Waals surface area contributed by atoms with Gasteiger partial charge in [0, 0.05) is 0 Å². The quantitative estimate of drug-likeness (QED) is 0.408. The molecule has 0 aliphatic rings. The summed E-state index contributed by atoms with van der Waals surface area (Å²) in [6.45, 7) is 3.48. The zero-order chi connectivity index (χ0) is 18.1. The maximum Gasteiger partial charge on any atom is 0.319 e. The predicted octanol–water partition coefficient (Wildman–Crippen LogP) is 3.01. The van der Waals surface area contributed by atoms with Crippen LogP contribution in [0.1, 0.15) is 66.7 Å². The second-order valence-corrected chi connectivity index (χ2v) is 9.38. The van der Waals surface area contributed by atoms with Crippen molar-refractivity contribution in [3.8, 4) is 0 Å². The lowest BCUT2D eigenvalue weighted by Gasteiger charge is -2.04. The van der Waals surface area contributed by atoms with Crippen LogP contribution in [-0.2, 0) is 23.6 Å². The molecule has 0 saturated heterocycles. The summed E-state index contributed by atoms with van der Waals surface area (Å²) >= 11 is 7.21. The molecule has 0 fully saturated rings. The van der Waals surface area contributed by atoms with Gasteiger partial charge in [-0.15, -0.1) is 0 Å². The van der Waals surface area contributed by atoms with Gasteiger partial charge >= 0.3 is 13.4 Å². The van der Waals surface area contributed by atoms with Gasteiger partial charge in [-0.2, -0.15) is 0 Å². The van der Waals surface area contributed by atoms with E-state index in [9.17, 15) is 0 Å². The average molecular weight is 386 g/mol. The standard InChI is InChI=1S/C8H18.C3H8.2H3O3PS/c1-4-6-7-8(3)5-2;1-3-2;2*1-4(2,3)5/h8H,4-7H2,1-3H3;3H2,1-2H3;2*(H3,1,2,3,5). The Morgan fingerprint density at radius 2 is 1.05 bits per heavy atom. The minimum absolute atomic E-state index is 0.954. The molecule has 134 valence electrons. The maximum absolute atomic E-state index is 7.56. The summed E-state index contributed by atoms with van der Waals surface area (Å²) in [5, 5.41) is 0. The van der Waals surface area contributed by atoms with Crippen LogP contribution in [0, 0.1) is 5.92 Å². The summed E-state index contributed by atoms with van der Waals surface area (Å²) in [5.41, 5.74) is 0. The fraction of sp³-hybridized carbons (Fsp3) is 1.00. The number of hydrogen-bond donors (Lipinski definition) is 6. The summed E-state index contributed by atoms with van der Waals surface area (Å²) < 4.78 is 0. The number of hydrogen-bond acceptors (Lipinski definition) is 2. The SMILES string of the molecule is CCC.CCCCC(C)CC.OP(O)(O)=S.OP(O)(O)=S. The summed E-state index contributed by atoms with van der Waals surface area (Å²) in [6.07, 6.45) is 6.78. The highest BCUT2D eigenvalue weighted by Crippen LogP contribution is 2.26. The highest BCUT2D eigenvalue weighted by atomic mass is 32.5. The molecule has 21 heavy (non-hydrogen) atoms. The molecule has 0 aromatic rings. The molecule has 1 atom stereocenters. The van der Waals surface area contributed by atoms with Crippen molar-refractivity contribution in [3.05, 3.63) is 0 Å². The van der Waals surface area contributed by atoms with Crippen LogP contribution in [-0.4, -0.2) is 29.4 Å². The molecular formula is C11H32O6P2S2. The Kier molecular flexibility index (Phi) is 27.3. The lowest BCUT2D eigenvalue weighted by Crippen LogP contribution is -1.89. The Morgan fingerprint density at radius 1 is 0.810 bits per heavy atom. The minimum Gasteiger partial charge on any atom is -0.325 e. The van der Waals surface area contributed by atoms with Crippen molar-refractivity contribution < 1.29 is 29.4 Å². The Labute approximate surface area is 139 Å². The van der Waals surface area contributed by atoms with Crippen LogP contribution in [0.5, 0.6) is 0 Å². The first kappa shape index (κ1) is 30.0. The fourth-order valence-corrected chi connectivity index (χ4v) is 0.757. The molecule has 0 radical (unpaired) electrons. The van der Waals surface area contributed by atoms with Crippen LogP contribution in [0.25, 0.3) is 0 Å². The van der Waals surface area contributed by atoms with Gasteiger partial charge < -0.3 is 29.4 Å². The third kappa shape index (κ3) is 153. The van der Waals surface area contributed by atoms with Gasteiger partial charge in [-0.3, -0.25) is 0 Å². The lowest BCUT2D eigenvalue weighted by atomic mass is 10.0. The molecule has 0 aromatic carbocycles. The van der Waals surface area contributed by atoms with Crippen LogP contribution in [0.3, 0.4) is 0 Å². The number of unbranched alkanes of at least 4 members (excludes halogenated alkanes) is 1. The van der Waals surface area contributed by atoms with Gasteiger partial charge in [0.05, 0.1) is 0 Å². The van der Waals surface area contributed by atoms with Gasteiger partial charge in [0.2, 0.25) is 0 Å². The molecule has 0 aromatic heterocycles. The Morgan fingerprint density at radius 3 is 1.19 bits per heavy atom. The zero-order valence-corrected chi connectivity index (χ0v) is 16.9. The van der Waals surface area contributed by atoms with Crippen molar-refractivity contribution in [2.75, 3.05) is 0 Å². The molecule has 0 amide bonds. The molecule has 0 aliphatic heterocycles.